The minimum absolute atomic E-state index is 0.0110. The van der Waals surface area contributed by atoms with Crippen molar-refractivity contribution in [2.45, 2.75) is 76.4 Å². The van der Waals surface area contributed by atoms with Crippen LogP contribution in [0.2, 0.25) is 0 Å². The van der Waals surface area contributed by atoms with Gasteiger partial charge in [0.25, 0.3) is 0 Å². The number of benzene rings is 1. The molecule has 3 atom stereocenters. The van der Waals surface area contributed by atoms with E-state index in [0.29, 0.717) is 25.0 Å². The van der Waals surface area contributed by atoms with Gasteiger partial charge in [0.1, 0.15) is 0 Å². The van der Waals surface area contributed by atoms with Crippen molar-refractivity contribution in [2.24, 2.45) is 17.6 Å². The number of rotatable bonds is 12. The highest BCUT2D eigenvalue weighted by molar-refractivity contribution is 5.74. The van der Waals surface area contributed by atoms with E-state index < -0.39 is 0 Å². The molecule has 1 aliphatic heterocycles. The van der Waals surface area contributed by atoms with Crippen molar-refractivity contribution in [1.29, 1.82) is 0 Å². The van der Waals surface area contributed by atoms with Gasteiger partial charge in [-0.2, -0.15) is 0 Å². The van der Waals surface area contributed by atoms with Crippen LogP contribution < -0.4 is 11.1 Å². The third-order valence-corrected chi connectivity index (χ3v) is 7.30. The minimum Gasteiger partial charge on any atom is -0.385 e. The van der Waals surface area contributed by atoms with Crippen molar-refractivity contribution in [1.82, 2.24) is 10.2 Å². The van der Waals surface area contributed by atoms with Crippen molar-refractivity contribution in [3.63, 3.8) is 0 Å². The number of methoxy groups -OCH3 is 1. The second kappa shape index (κ2) is 14.6. The number of likely N-dealkylation sites (tertiary alicyclic amines) is 1. The van der Waals surface area contributed by atoms with Crippen LogP contribution in [0.5, 0.6) is 0 Å². The van der Waals surface area contributed by atoms with E-state index in [4.69, 9.17) is 15.2 Å². The molecule has 0 radical (unpaired) electrons. The Morgan fingerprint density at radius 2 is 1.85 bits per heavy atom. The first kappa shape index (κ1) is 26.0. The molecule has 186 valence electrons. The first-order chi connectivity index (χ1) is 16.2. The maximum Gasteiger partial charge on any atom is 0.317 e. The van der Waals surface area contributed by atoms with Gasteiger partial charge in [-0.15, -0.1) is 0 Å². The summed E-state index contributed by atoms with van der Waals surface area (Å²) in [5.74, 6) is 1.000. The fourth-order valence-corrected chi connectivity index (χ4v) is 5.45. The molecular weight excluding hydrogens is 414 g/mol. The van der Waals surface area contributed by atoms with E-state index in [-0.39, 0.29) is 18.2 Å². The van der Waals surface area contributed by atoms with Gasteiger partial charge in [0, 0.05) is 51.9 Å². The molecule has 1 saturated heterocycles. The number of carbonyl (C=O) groups excluding carboxylic acids is 1. The summed E-state index contributed by atoms with van der Waals surface area (Å²) >= 11 is 0. The zero-order valence-electron chi connectivity index (χ0n) is 20.6. The van der Waals surface area contributed by atoms with E-state index >= 15 is 0 Å². The van der Waals surface area contributed by atoms with Crippen LogP contribution in [0, 0.1) is 11.8 Å². The number of urea groups is 1. The number of hydrogen-bond acceptors (Lipinski definition) is 4. The highest BCUT2D eigenvalue weighted by Gasteiger charge is 2.32. The zero-order valence-corrected chi connectivity index (χ0v) is 20.6. The van der Waals surface area contributed by atoms with E-state index in [1.165, 1.54) is 37.7 Å². The lowest BCUT2D eigenvalue weighted by Gasteiger charge is -2.38. The zero-order chi connectivity index (χ0) is 23.3. The van der Waals surface area contributed by atoms with E-state index in [0.717, 1.165) is 51.8 Å². The standard InChI is InChI=1S/C27H45N3O3/c1-32-17-8-9-18-33-26(23-13-6-3-7-14-23)24-15-10-16-30(21-24)27(31)29-25(20-28)19-22-11-4-2-5-12-22/h3,6-7,13-14,22,24-26H,2,4-5,8-12,15-21,28H2,1H3,(H,29,31)/t24?,25-,26-/m0/s1. The van der Waals surface area contributed by atoms with Crippen LogP contribution in [0.4, 0.5) is 4.79 Å². The van der Waals surface area contributed by atoms with Crippen LogP contribution >= 0.6 is 0 Å². The summed E-state index contributed by atoms with van der Waals surface area (Å²) in [7, 11) is 1.74. The number of nitrogens with one attached hydrogen (secondary N) is 1. The summed E-state index contributed by atoms with van der Waals surface area (Å²) in [5.41, 5.74) is 7.25. The first-order valence-corrected chi connectivity index (χ1v) is 13.1. The Morgan fingerprint density at radius 3 is 2.58 bits per heavy atom. The Kier molecular flexibility index (Phi) is 11.5. The van der Waals surface area contributed by atoms with Gasteiger partial charge in [0.15, 0.2) is 0 Å². The van der Waals surface area contributed by atoms with Crippen LogP contribution in [-0.4, -0.2) is 56.9 Å². The summed E-state index contributed by atoms with van der Waals surface area (Å²) in [6, 6.07) is 10.6. The number of ether oxygens (including phenoxy) is 2. The lowest BCUT2D eigenvalue weighted by molar-refractivity contribution is -0.0131. The molecule has 1 saturated carbocycles. The Bertz CT molecular complexity index is 666. The number of hydrogen-bond donors (Lipinski definition) is 2. The lowest BCUT2D eigenvalue weighted by atomic mass is 9.85. The van der Waals surface area contributed by atoms with Gasteiger partial charge in [-0.1, -0.05) is 62.4 Å². The third kappa shape index (κ3) is 8.58. The fraction of sp³-hybridized carbons (Fsp3) is 0.741. The molecule has 1 aliphatic carbocycles. The number of amides is 2. The maximum absolute atomic E-state index is 13.2. The molecular formula is C27H45N3O3. The highest BCUT2D eigenvalue weighted by atomic mass is 16.5. The average Bonchev–Trinajstić information content (AvgIpc) is 2.87. The SMILES string of the molecule is COCCCCO[C@@H](c1ccccc1)C1CCCN(C(=O)N[C@H](CN)CC2CCCCC2)C1. The van der Waals surface area contributed by atoms with Crippen molar-refractivity contribution >= 4 is 6.03 Å². The summed E-state index contributed by atoms with van der Waals surface area (Å²) in [6.45, 7) is 3.52. The Balaban J connectivity index is 1.56. The minimum atomic E-state index is 0.0110. The molecule has 3 rings (SSSR count). The molecule has 1 unspecified atom stereocenters. The number of unbranched alkanes of at least 4 members (excludes halogenated alkanes) is 1. The molecule has 2 fully saturated rings. The normalized spacial score (nSPS) is 21.5. The molecule has 33 heavy (non-hydrogen) atoms. The van der Waals surface area contributed by atoms with Gasteiger partial charge in [-0.25, -0.2) is 4.79 Å². The molecule has 2 amide bonds. The molecule has 3 N–H and O–H groups in total. The van der Waals surface area contributed by atoms with E-state index in [1.807, 2.05) is 11.0 Å². The quantitative estimate of drug-likeness (QED) is 0.436. The summed E-state index contributed by atoms with van der Waals surface area (Å²) in [4.78, 5) is 15.1. The van der Waals surface area contributed by atoms with Gasteiger partial charge in [0.2, 0.25) is 0 Å². The smallest absolute Gasteiger partial charge is 0.317 e. The average molecular weight is 460 g/mol. The topological polar surface area (TPSA) is 76.8 Å². The number of carbonyl (C=O) groups is 1. The number of nitrogens with two attached hydrogens (primary N) is 1. The molecule has 6 heteroatoms. The third-order valence-electron chi connectivity index (χ3n) is 7.30. The molecule has 6 nitrogen and oxygen atoms in total. The predicted molar refractivity (Wildman–Crippen MR) is 133 cm³/mol. The summed E-state index contributed by atoms with van der Waals surface area (Å²) in [5, 5.41) is 3.26. The van der Waals surface area contributed by atoms with Gasteiger partial charge < -0.3 is 25.4 Å². The summed E-state index contributed by atoms with van der Waals surface area (Å²) in [6.07, 6.45) is 11.6. The first-order valence-electron chi connectivity index (χ1n) is 13.1. The van der Waals surface area contributed by atoms with Gasteiger partial charge in [-0.05, 0) is 43.6 Å². The van der Waals surface area contributed by atoms with Crippen molar-refractivity contribution in [3.8, 4) is 0 Å². The predicted octanol–water partition coefficient (Wildman–Crippen LogP) is 4.89. The molecule has 0 aromatic heterocycles. The molecule has 2 aliphatic rings. The van der Waals surface area contributed by atoms with Gasteiger partial charge in [0.05, 0.1) is 6.10 Å². The molecule has 1 heterocycles. The van der Waals surface area contributed by atoms with Crippen LogP contribution in [0.15, 0.2) is 30.3 Å². The molecule has 1 aromatic carbocycles. The number of nitrogens with zero attached hydrogens (tertiary/aromatic N) is 1. The van der Waals surface area contributed by atoms with E-state index in [9.17, 15) is 4.79 Å². The van der Waals surface area contributed by atoms with Crippen LogP contribution in [0.25, 0.3) is 0 Å². The van der Waals surface area contributed by atoms with Gasteiger partial charge >= 0.3 is 6.03 Å². The molecule has 1 aromatic rings. The maximum atomic E-state index is 13.2. The monoisotopic (exact) mass is 459 g/mol. The fourth-order valence-electron chi connectivity index (χ4n) is 5.45. The van der Waals surface area contributed by atoms with Crippen molar-refractivity contribution < 1.29 is 14.3 Å². The van der Waals surface area contributed by atoms with Crippen LogP contribution in [-0.2, 0) is 9.47 Å². The molecule has 0 bridgehead atoms. The second-order valence-electron chi connectivity index (χ2n) is 9.87. The largest absolute Gasteiger partial charge is 0.385 e. The van der Waals surface area contributed by atoms with Gasteiger partial charge in [-0.3, -0.25) is 0 Å². The van der Waals surface area contributed by atoms with Crippen molar-refractivity contribution in [3.05, 3.63) is 35.9 Å². The Morgan fingerprint density at radius 1 is 1.09 bits per heavy atom. The van der Waals surface area contributed by atoms with Crippen molar-refractivity contribution in [2.75, 3.05) is 40.0 Å². The van der Waals surface area contributed by atoms with E-state index in [2.05, 4.69) is 29.6 Å². The van der Waals surface area contributed by atoms with E-state index in [1.54, 1.807) is 7.11 Å². The lowest BCUT2D eigenvalue weighted by Crippen LogP contribution is -2.51. The van der Waals surface area contributed by atoms with Crippen LogP contribution in [0.3, 0.4) is 0 Å². The van der Waals surface area contributed by atoms with Crippen LogP contribution in [0.1, 0.15) is 75.9 Å². The second-order valence-corrected chi connectivity index (χ2v) is 9.87. The highest BCUT2D eigenvalue weighted by Crippen LogP contribution is 2.33. The number of piperidine rings is 1. The summed E-state index contributed by atoms with van der Waals surface area (Å²) < 4.78 is 11.6. The molecule has 0 spiro atoms. The Hall–Kier alpha value is -1.63. The Labute approximate surface area is 200 Å².